The van der Waals surface area contributed by atoms with Crippen molar-refractivity contribution >= 4 is 33.7 Å². The smallest absolute Gasteiger partial charge is 0.166 e. The minimum Gasteiger partial charge on any atom is -0.381 e. The maximum atomic E-state index is 12.1. The molecule has 0 aromatic heterocycles. The fraction of sp³-hybridized carbons (Fsp3) is 0.421. The van der Waals surface area contributed by atoms with Crippen molar-refractivity contribution in [1.29, 1.82) is 0 Å². The van der Waals surface area contributed by atoms with Gasteiger partial charge in [0.15, 0.2) is 11.6 Å². The van der Waals surface area contributed by atoms with E-state index in [1.165, 1.54) is 0 Å². The normalized spacial score (nSPS) is 10.1. The second-order valence-corrected chi connectivity index (χ2v) is 5.95. The highest BCUT2D eigenvalue weighted by molar-refractivity contribution is 9.09. The highest BCUT2D eigenvalue weighted by Gasteiger charge is 2.05. The van der Waals surface area contributed by atoms with Gasteiger partial charge in [0.2, 0.25) is 0 Å². The molecule has 8 heteroatoms. The molecular formula is C19H21BrN4O3. The third kappa shape index (κ3) is 11.0. The average Bonchev–Trinajstić information content (AvgIpc) is 2.68. The van der Waals surface area contributed by atoms with E-state index in [2.05, 4.69) is 42.8 Å². The number of rotatable bonds is 12. The van der Waals surface area contributed by atoms with Gasteiger partial charge in [-0.15, -0.1) is 0 Å². The second-order valence-electron chi connectivity index (χ2n) is 5.39. The molecule has 0 amide bonds. The van der Waals surface area contributed by atoms with E-state index in [4.69, 9.17) is 10.3 Å². The Balaban J connectivity index is 2.33. The number of hydrogen-bond donors (Lipinski definition) is 0. The molecule has 0 bridgehead atoms. The Bertz CT molecular complexity index is 744. The van der Waals surface area contributed by atoms with Crippen molar-refractivity contribution in [3.63, 3.8) is 0 Å². The molecule has 1 aromatic rings. The van der Waals surface area contributed by atoms with Gasteiger partial charge in [-0.05, 0) is 17.5 Å². The molecule has 0 aliphatic heterocycles. The number of nitrogens with zero attached hydrogens (tertiary/aromatic N) is 4. The maximum absolute atomic E-state index is 12.1. The summed E-state index contributed by atoms with van der Waals surface area (Å²) in [6, 6.07) is 7.08. The van der Waals surface area contributed by atoms with Crippen molar-refractivity contribution < 1.29 is 14.3 Å². The largest absolute Gasteiger partial charge is 0.381 e. The lowest BCUT2D eigenvalue weighted by molar-refractivity contribution is -0.116. The molecule has 0 heterocycles. The minimum absolute atomic E-state index is 0.0341. The van der Waals surface area contributed by atoms with Crippen LogP contribution in [0.2, 0.25) is 0 Å². The number of carbonyl (C=O) groups excluding carboxylic acids is 2. The fourth-order valence-corrected chi connectivity index (χ4v) is 2.20. The SMILES string of the molecule is [N-]=[N+]=NCCOCCCC(=O)c1ccc(C=NCC(=O)CC#CCBr)cc1. The Morgan fingerprint density at radius 3 is 2.70 bits per heavy atom. The first kappa shape index (κ1) is 22.6. The number of ether oxygens (including phenoxy) is 1. The number of benzene rings is 1. The van der Waals surface area contributed by atoms with E-state index >= 15 is 0 Å². The van der Waals surface area contributed by atoms with Gasteiger partial charge in [0, 0.05) is 36.3 Å². The Morgan fingerprint density at radius 2 is 2.00 bits per heavy atom. The van der Waals surface area contributed by atoms with Gasteiger partial charge in [0.25, 0.3) is 0 Å². The zero-order valence-corrected chi connectivity index (χ0v) is 16.5. The van der Waals surface area contributed by atoms with Crippen LogP contribution >= 0.6 is 15.9 Å². The monoisotopic (exact) mass is 432 g/mol. The van der Waals surface area contributed by atoms with E-state index in [1.54, 1.807) is 30.5 Å². The molecule has 1 rings (SSSR count). The quantitative estimate of drug-likeness (QED) is 0.0733. The molecule has 0 radical (unpaired) electrons. The molecule has 142 valence electrons. The number of alkyl halides is 1. The summed E-state index contributed by atoms with van der Waals surface area (Å²) >= 11 is 3.17. The number of Topliss-reactive ketones (excluding diaryl/α,β-unsaturated/α-hetero) is 2. The molecule has 0 N–H and O–H groups in total. The predicted octanol–water partition coefficient (Wildman–Crippen LogP) is 3.75. The van der Waals surface area contributed by atoms with Crippen molar-refractivity contribution in [2.24, 2.45) is 10.1 Å². The van der Waals surface area contributed by atoms with Gasteiger partial charge in [0.05, 0.1) is 24.9 Å². The number of azide groups is 1. The number of ketones is 2. The van der Waals surface area contributed by atoms with E-state index in [0.29, 0.717) is 43.5 Å². The zero-order chi connectivity index (χ0) is 19.7. The summed E-state index contributed by atoms with van der Waals surface area (Å²) in [5.41, 5.74) is 9.58. The zero-order valence-electron chi connectivity index (χ0n) is 14.9. The summed E-state index contributed by atoms with van der Waals surface area (Å²) in [6.07, 6.45) is 2.81. The molecule has 0 saturated heterocycles. The van der Waals surface area contributed by atoms with Crippen LogP contribution in [0.4, 0.5) is 0 Å². The average molecular weight is 433 g/mol. The first-order chi connectivity index (χ1) is 13.2. The number of halogens is 1. The molecule has 27 heavy (non-hydrogen) atoms. The summed E-state index contributed by atoms with van der Waals surface area (Å²) in [6.45, 7) is 1.20. The predicted molar refractivity (Wildman–Crippen MR) is 108 cm³/mol. The van der Waals surface area contributed by atoms with Crippen molar-refractivity contribution in [3.8, 4) is 11.8 Å². The summed E-state index contributed by atoms with van der Waals surface area (Å²) in [5, 5.41) is 3.91. The second kappa shape index (κ2) is 14.7. The molecule has 1 aromatic carbocycles. The van der Waals surface area contributed by atoms with Crippen LogP contribution in [0, 0.1) is 11.8 Å². The van der Waals surface area contributed by atoms with Gasteiger partial charge in [0.1, 0.15) is 0 Å². The van der Waals surface area contributed by atoms with E-state index in [9.17, 15) is 9.59 Å². The lowest BCUT2D eigenvalue weighted by Gasteiger charge is -2.03. The molecule has 0 spiro atoms. The molecule has 0 aliphatic rings. The van der Waals surface area contributed by atoms with Crippen LogP contribution in [0.5, 0.6) is 0 Å². The van der Waals surface area contributed by atoms with Crippen LogP contribution in [-0.4, -0.2) is 49.4 Å². The number of aliphatic imine (C=N–C) groups is 1. The third-order valence-corrected chi connectivity index (χ3v) is 3.59. The molecule has 7 nitrogen and oxygen atoms in total. The van der Waals surface area contributed by atoms with Gasteiger partial charge in [-0.3, -0.25) is 14.6 Å². The van der Waals surface area contributed by atoms with Crippen LogP contribution in [0.1, 0.15) is 35.2 Å². The summed E-state index contributed by atoms with van der Waals surface area (Å²) < 4.78 is 5.26. The minimum atomic E-state index is -0.0341. The molecule has 0 atom stereocenters. The van der Waals surface area contributed by atoms with Crippen molar-refractivity contribution in [2.45, 2.75) is 19.3 Å². The summed E-state index contributed by atoms with van der Waals surface area (Å²) in [7, 11) is 0. The van der Waals surface area contributed by atoms with E-state index < -0.39 is 0 Å². The van der Waals surface area contributed by atoms with Crippen LogP contribution in [0.25, 0.3) is 10.4 Å². The van der Waals surface area contributed by atoms with E-state index in [1.807, 2.05) is 0 Å². The third-order valence-electron chi connectivity index (χ3n) is 3.31. The standard InChI is InChI=1S/C19H21BrN4O3/c20-10-2-1-4-18(25)15-22-14-16-6-8-17(9-7-16)19(26)5-3-12-27-13-11-23-24-21/h6-9,14H,3-5,10-13,15H2. The van der Waals surface area contributed by atoms with Gasteiger partial charge in [-0.2, -0.15) is 0 Å². The van der Waals surface area contributed by atoms with Crippen LogP contribution in [0.15, 0.2) is 34.4 Å². The summed E-state index contributed by atoms with van der Waals surface area (Å²) in [4.78, 5) is 30.4. The molecule has 0 saturated carbocycles. The fourth-order valence-electron chi connectivity index (χ4n) is 2.00. The van der Waals surface area contributed by atoms with Crippen LogP contribution < -0.4 is 0 Å². The van der Waals surface area contributed by atoms with Crippen LogP contribution in [0.3, 0.4) is 0 Å². The highest BCUT2D eigenvalue weighted by Crippen LogP contribution is 2.07. The van der Waals surface area contributed by atoms with Gasteiger partial charge in [-0.1, -0.05) is 57.2 Å². The molecule has 0 fully saturated rings. The Kier molecular flexibility index (Phi) is 12.3. The molecule has 0 unspecified atom stereocenters. The van der Waals surface area contributed by atoms with Gasteiger partial charge < -0.3 is 4.74 Å². The van der Waals surface area contributed by atoms with Crippen LogP contribution in [-0.2, 0) is 9.53 Å². The van der Waals surface area contributed by atoms with E-state index in [-0.39, 0.29) is 24.5 Å². The Labute approximate surface area is 167 Å². The van der Waals surface area contributed by atoms with Gasteiger partial charge in [-0.25, -0.2) is 0 Å². The Morgan fingerprint density at radius 1 is 1.22 bits per heavy atom. The molecule has 0 aliphatic carbocycles. The topological polar surface area (TPSA) is 104 Å². The highest BCUT2D eigenvalue weighted by atomic mass is 79.9. The first-order valence-corrected chi connectivity index (χ1v) is 9.54. The maximum Gasteiger partial charge on any atom is 0.166 e. The van der Waals surface area contributed by atoms with E-state index in [0.717, 1.165) is 5.56 Å². The molecular weight excluding hydrogens is 412 g/mol. The van der Waals surface area contributed by atoms with Gasteiger partial charge >= 0.3 is 0 Å². The lowest BCUT2D eigenvalue weighted by Crippen LogP contribution is -2.04. The van der Waals surface area contributed by atoms with Crippen molar-refractivity contribution in [3.05, 3.63) is 45.8 Å². The number of carbonyl (C=O) groups is 2. The number of hydrogen-bond acceptors (Lipinski definition) is 5. The Hall–Kier alpha value is -2.46. The summed E-state index contributed by atoms with van der Waals surface area (Å²) in [5.74, 6) is 5.53. The lowest BCUT2D eigenvalue weighted by atomic mass is 10.1. The first-order valence-electron chi connectivity index (χ1n) is 8.42. The van der Waals surface area contributed by atoms with Crippen molar-refractivity contribution in [2.75, 3.05) is 31.6 Å². The van der Waals surface area contributed by atoms with Crippen molar-refractivity contribution in [1.82, 2.24) is 0 Å².